The third kappa shape index (κ3) is 10.4. The summed E-state index contributed by atoms with van der Waals surface area (Å²) in [4.78, 5) is 0. The van der Waals surface area contributed by atoms with Crippen molar-refractivity contribution in [3.8, 4) is 0 Å². The predicted octanol–water partition coefficient (Wildman–Crippen LogP) is 2.95. The van der Waals surface area contributed by atoms with E-state index >= 15 is 0 Å². The van der Waals surface area contributed by atoms with Gasteiger partial charge in [-0.2, -0.15) is 0 Å². The Bertz CT molecular complexity index is 68.9. The number of ether oxygens (including phenoxy) is 2. The summed E-state index contributed by atoms with van der Waals surface area (Å²) in [5, 5.41) is 1.12. The third-order valence-electron chi connectivity index (χ3n) is 1.54. The van der Waals surface area contributed by atoms with Crippen LogP contribution in [0.1, 0.15) is 32.6 Å². The molecule has 0 saturated carbocycles. The molecule has 0 N–H and O–H groups in total. The Hall–Kier alpha value is 0.400. The van der Waals surface area contributed by atoms with Crippen molar-refractivity contribution in [2.75, 3.05) is 25.3 Å². The topological polar surface area (TPSA) is 18.5 Å². The number of halogens is 1. The summed E-state index contributed by atoms with van der Waals surface area (Å²) in [6.07, 6.45) is 4.98. The maximum atomic E-state index is 5.22. The molecule has 0 aromatic rings. The molecule has 0 amide bonds. The summed E-state index contributed by atoms with van der Waals surface area (Å²) in [6.45, 7) is 4.00. The van der Waals surface area contributed by atoms with Crippen LogP contribution >= 0.6 is 15.9 Å². The minimum Gasteiger partial charge on any atom is -0.356 e. The number of unbranched alkanes of at least 4 members (excludes halogenated alkanes) is 3. The van der Waals surface area contributed by atoms with Crippen molar-refractivity contribution in [3.05, 3.63) is 0 Å². The molecule has 0 aromatic heterocycles. The number of rotatable bonds is 9. The summed E-state index contributed by atoms with van der Waals surface area (Å²) in [5.74, 6) is 0. The van der Waals surface area contributed by atoms with Gasteiger partial charge in [0.25, 0.3) is 0 Å². The van der Waals surface area contributed by atoms with Crippen LogP contribution in [0.15, 0.2) is 0 Å². The fourth-order valence-electron chi connectivity index (χ4n) is 0.853. The number of hydrogen-bond acceptors (Lipinski definition) is 2. The molecule has 0 saturated heterocycles. The van der Waals surface area contributed by atoms with Crippen LogP contribution in [0, 0.1) is 0 Å². The Labute approximate surface area is 83.8 Å². The van der Waals surface area contributed by atoms with Crippen molar-refractivity contribution in [1.29, 1.82) is 0 Å². The lowest BCUT2D eigenvalue weighted by atomic mass is 10.2. The molecule has 0 unspecified atom stereocenters. The average molecular weight is 239 g/mol. The van der Waals surface area contributed by atoms with E-state index in [1.54, 1.807) is 0 Å². The van der Waals surface area contributed by atoms with E-state index in [1.807, 2.05) is 6.92 Å². The highest BCUT2D eigenvalue weighted by atomic mass is 79.9. The second kappa shape index (κ2) is 11.4. The molecule has 74 valence electrons. The SMILES string of the molecule is CCOCOCCCCCCBr. The largest absolute Gasteiger partial charge is 0.356 e. The molecular formula is C9H19BrO2. The molecule has 0 aliphatic carbocycles. The van der Waals surface area contributed by atoms with Gasteiger partial charge < -0.3 is 9.47 Å². The van der Waals surface area contributed by atoms with Crippen LogP contribution in [-0.4, -0.2) is 25.3 Å². The zero-order valence-electron chi connectivity index (χ0n) is 7.85. The molecule has 0 radical (unpaired) electrons. The van der Waals surface area contributed by atoms with E-state index in [4.69, 9.17) is 9.47 Å². The fourth-order valence-corrected chi connectivity index (χ4v) is 1.25. The molecule has 0 bridgehead atoms. The zero-order valence-corrected chi connectivity index (χ0v) is 9.44. The van der Waals surface area contributed by atoms with Crippen molar-refractivity contribution in [2.24, 2.45) is 0 Å². The van der Waals surface area contributed by atoms with E-state index in [9.17, 15) is 0 Å². The molecule has 12 heavy (non-hydrogen) atoms. The van der Waals surface area contributed by atoms with Gasteiger partial charge >= 0.3 is 0 Å². The first-order valence-corrected chi connectivity index (χ1v) is 5.75. The van der Waals surface area contributed by atoms with E-state index in [0.29, 0.717) is 6.79 Å². The summed E-state index contributed by atoms with van der Waals surface area (Å²) < 4.78 is 10.3. The highest BCUT2D eigenvalue weighted by molar-refractivity contribution is 9.09. The average Bonchev–Trinajstić information content (AvgIpc) is 2.10. The molecule has 0 spiro atoms. The Morgan fingerprint density at radius 1 is 1.00 bits per heavy atom. The highest BCUT2D eigenvalue weighted by Gasteiger charge is 1.89. The Balaban J connectivity index is 2.73. The van der Waals surface area contributed by atoms with Gasteiger partial charge in [-0.1, -0.05) is 28.8 Å². The molecule has 0 aromatic carbocycles. The van der Waals surface area contributed by atoms with Crippen molar-refractivity contribution >= 4 is 15.9 Å². The quantitative estimate of drug-likeness (QED) is 0.350. The van der Waals surface area contributed by atoms with Gasteiger partial charge in [0.1, 0.15) is 6.79 Å². The van der Waals surface area contributed by atoms with Gasteiger partial charge in [0.2, 0.25) is 0 Å². The maximum Gasteiger partial charge on any atom is 0.146 e. The summed E-state index contributed by atoms with van der Waals surface area (Å²) >= 11 is 3.40. The minimum atomic E-state index is 0.453. The summed E-state index contributed by atoms with van der Waals surface area (Å²) in [6, 6.07) is 0. The van der Waals surface area contributed by atoms with Gasteiger partial charge in [0.05, 0.1) is 0 Å². The van der Waals surface area contributed by atoms with Gasteiger partial charge in [-0.15, -0.1) is 0 Å². The lowest BCUT2D eigenvalue weighted by molar-refractivity contribution is -0.0501. The zero-order chi connectivity index (χ0) is 9.07. The Morgan fingerprint density at radius 3 is 2.42 bits per heavy atom. The predicted molar refractivity (Wildman–Crippen MR) is 54.7 cm³/mol. The molecule has 0 rings (SSSR count). The van der Waals surface area contributed by atoms with Gasteiger partial charge in [0.15, 0.2) is 0 Å². The van der Waals surface area contributed by atoms with Crippen molar-refractivity contribution < 1.29 is 9.47 Å². The molecule has 2 nitrogen and oxygen atoms in total. The van der Waals surface area contributed by atoms with Crippen molar-refractivity contribution in [2.45, 2.75) is 32.6 Å². The number of alkyl halides is 1. The second-order valence-electron chi connectivity index (χ2n) is 2.62. The second-order valence-corrected chi connectivity index (χ2v) is 3.42. The van der Waals surface area contributed by atoms with Gasteiger partial charge in [-0.05, 0) is 19.8 Å². The summed E-state index contributed by atoms with van der Waals surface area (Å²) in [5.41, 5.74) is 0. The molecule has 0 atom stereocenters. The summed E-state index contributed by atoms with van der Waals surface area (Å²) in [7, 11) is 0. The lowest BCUT2D eigenvalue weighted by Gasteiger charge is -2.03. The van der Waals surface area contributed by atoms with E-state index in [1.165, 1.54) is 19.3 Å². The molecule has 0 aliphatic heterocycles. The normalized spacial score (nSPS) is 10.5. The monoisotopic (exact) mass is 238 g/mol. The van der Waals surface area contributed by atoms with Crippen LogP contribution in [0.4, 0.5) is 0 Å². The van der Waals surface area contributed by atoms with Crippen LogP contribution in [0.3, 0.4) is 0 Å². The van der Waals surface area contributed by atoms with E-state index in [2.05, 4.69) is 15.9 Å². The van der Waals surface area contributed by atoms with E-state index in [0.717, 1.165) is 25.0 Å². The Morgan fingerprint density at radius 2 is 1.75 bits per heavy atom. The molecule has 0 heterocycles. The molecule has 0 aliphatic rings. The van der Waals surface area contributed by atoms with E-state index in [-0.39, 0.29) is 0 Å². The molecular weight excluding hydrogens is 220 g/mol. The third-order valence-corrected chi connectivity index (χ3v) is 2.10. The molecule has 3 heteroatoms. The lowest BCUT2D eigenvalue weighted by Crippen LogP contribution is -2.00. The smallest absolute Gasteiger partial charge is 0.146 e. The minimum absolute atomic E-state index is 0.453. The first-order valence-electron chi connectivity index (χ1n) is 4.63. The van der Waals surface area contributed by atoms with Gasteiger partial charge in [-0.3, -0.25) is 0 Å². The van der Waals surface area contributed by atoms with Crippen LogP contribution in [0.5, 0.6) is 0 Å². The maximum absolute atomic E-state index is 5.22. The fraction of sp³-hybridized carbons (Fsp3) is 1.00. The van der Waals surface area contributed by atoms with Crippen LogP contribution in [0.25, 0.3) is 0 Å². The van der Waals surface area contributed by atoms with Gasteiger partial charge in [-0.25, -0.2) is 0 Å². The molecule has 0 fully saturated rings. The first-order chi connectivity index (χ1) is 5.91. The van der Waals surface area contributed by atoms with Crippen LogP contribution in [-0.2, 0) is 9.47 Å². The first kappa shape index (κ1) is 12.4. The van der Waals surface area contributed by atoms with Crippen molar-refractivity contribution in [3.63, 3.8) is 0 Å². The Kier molecular flexibility index (Phi) is 11.8. The van der Waals surface area contributed by atoms with Crippen LogP contribution < -0.4 is 0 Å². The van der Waals surface area contributed by atoms with Crippen molar-refractivity contribution in [1.82, 2.24) is 0 Å². The van der Waals surface area contributed by atoms with E-state index < -0.39 is 0 Å². The number of hydrogen-bond donors (Lipinski definition) is 0. The highest BCUT2D eigenvalue weighted by Crippen LogP contribution is 2.01. The standard InChI is InChI=1S/C9H19BrO2/c1-2-11-9-12-8-6-4-3-5-7-10/h2-9H2,1H3. The van der Waals surface area contributed by atoms with Gasteiger partial charge in [0, 0.05) is 18.5 Å². The van der Waals surface area contributed by atoms with Crippen LogP contribution in [0.2, 0.25) is 0 Å².